The van der Waals surface area contributed by atoms with Crippen molar-refractivity contribution >= 4 is 5.69 Å². The number of hydrogen-bond donors (Lipinski definition) is 1. The maximum absolute atomic E-state index is 3.33. The van der Waals surface area contributed by atoms with Crippen molar-refractivity contribution in [3.05, 3.63) is 29.8 Å². The molecule has 0 unspecified atom stereocenters. The average Bonchev–Trinajstić information content (AvgIpc) is 2.80. The molecule has 0 radical (unpaired) electrons. The molecule has 1 aliphatic rings. The molecule has 1 aromatic carbocycles. The molecule has 3 nitrogen and oxygen atoms in total. The van der Waals surface area contributed by atoms with Crippen LogP contribution in [0.3, 0.4) is 0 Å². The van der Waals surface area contributed by atoms with Gasteiger partial charge in [0, 0.05) is 39.4 Å². The summed E-state index contributed by atoms with van der Waals surface area (Å²) in [5.41, 5.74) is 6.12. The second kappa shape index (κ2) is 5.32. The molecule has 0 saturated carbocycles. The van der Waals surface area contributed by atoms with Crippen LogP contribution in [0.1, 0.15) is 18.4 Å². The Morgan fingerprint density at radius 2 is 1.88 bits per heavy atom. The SMILES string of the molecule is CN(C)NCc1ccccc1N1CCCC1. The minimum absolute atomic E-state index is 0.902. The quantitative estimate of drug-likeness (QED) is 0.780. The lowest BCUT2D eigenvalue weighted by molar-refractivity contribution is 0.286. The Hall–Kier alpha value is -1.06. The molecule has 1 aliphatic heterocycles. The summed E-state index contributed by atoms with van der Waals surface area (Å²) in [4.78, 5) is 2.49. The zero-order valence-electron chi connectivity index (χ0n) is 10.2. The molecule has 1 saturated heterocycles. The molecular weight excluding hydrogens is 198 g/mol. The topological polar surface area (TPSA) is 18.5 Å². The van der Waals surface area contributed by atoms with Crippen LogP contribution in [-0.4, -0.2) is 32.2 Å². The molecule has 0 atom stereocenters. The van der Waals surface area contributed by atoms with Crippen molar-refractivity contribution in [3.8, 4) is 0 Å². The van der Waals surface area contributed by atoms with Crippen molar-refractivity contribution in [3.63, 3.8) is 0 Å². The Kier molecular flexibility index (Phi) is 3.80. The molecule has 0 amide bonds. The Labute approximate surface area is 98.0 Å². The van der Waals surface area contributed by atoms with E-state index in [1.807, 2.05) is 19.1 Å². The number of para-hydroxylation sites is 1. The minimum Gasteiger partial charge on any atom is -0.371 e. The molecule has 1 heterocycles. The van der Waals surface area contributed by atoms with Gasteiger partial charge in [-0.2, -0.15) is 0 Å². The first-order valence-electron chi connectivity index (χ1n) is 6.01. The first-order chi connectivity index (χ1) is 7.77. The Morgan fingerprint density at radius 3 is 2.56 bits per heavy atom. The number of nitrogens with one attached hydrogen (secondary N) is 1. The monoisotopic (exact) mass is 219 g/mol. The third-order valence-electron chi connectivity index (χ3n) is 3.02. The lowest BCUT2D eigenvalue weighted by atomic mass is 10.1. The zero-order valence-corrected chi connectivity index (χ0v) is 10.2. The molecule has 1 fully saturated rings. The minimum atomic E-state index is 0.902. The smallest absolute Gasteiger partial charge is 0.0412 e. The molecule has 3 heteroatoms. The van der Waals surface area contributed by atoms with Crippen molar-refractivity contribution in [2.45, 2.75) is 19.4 Å². The van der Waals surface area contributed by atoms with E-state index in [4.69, 9.17) is 0 Å². The summed E-state index contributed by atoms with van der Waals surface area (Å²) in [7, 11) is 4.05. The van der Waals surface area contributed by atoms with E-state index in [0.717, 1.165) is 6.54 Å². The van der Waals surface area contributed by atoms with E-state index in [2.05, 4.69) is 34.6 Å². The van der Waals surface area contributed by atoms with Crippen LogP contribution in [0.2, 0.25) is 0 Å². The zero-order chi connectivity index (χ0) is 11.4. The van der Waals surface area contributed by atoms with Gasteiger partial charge in [-0.15, -0.1) is 0 Å². The molecule has 1 N–H and O–H groups in total. The third kappa shape index (κ3) is 2.74. The van der Waals surface area contributed by atoms with Crippen molar-refractivity contribution in [1.29, 1.82) is 0 Å². The summed E-state index contributed by atoms with van der Waals surface area (Å²) < 4.78 is 0. The van der Waals surface area contributed by atoms with Gasteiger partial charge in [0.2, 0.25) is 0 Å². The Balaban J connectivity index is 2.10. The van der Waals surface area contributed by atoms with Crippen LogP contribution in [0.15, 0.2) is 24.3 Å². The fourth-order valence-corrected chi connectivity index (χ4v) is 2.17. The van der Waals surface area contributed by atoms with Crippen LogP contribution in [-0.2, 0) is 6.54 Å². The van der Waals surface area contributed by atoms with E-state index in [1.165, 1.54) is 37.2 Å². The largest absolute Gasteiger partial charge is 0.371 e. The van der Waals surface area contributed by atoms with Gasteiger partial charge < -0.3 is 4.90 Å². The predicted octanol–water partition coefficient (Wildman–Crippen LogP) is 1.85. The van der Waals surface area contributed by atoms with Gasteiger partial charge in [0.25, 0.3) is 0 Å². The summed E-state index contributed by atoms with van der Waals surface area (Å²) in [5.74, 6) is 0. The normalized spacial score (nSPS) is 16.1. The second-order valence-corrected chi connectivity index (χ2v) is 4.55. The number of nitrogens with zero attached hydrogens (tertiary/aromatic N) is 2. The molecule has 0 spiro atoms. The standard InChI is InChI=1S/C13H21N3/c1-15(2)14-11-12-7-3-4-8-13(12)16-9-5-6-10-16/h3-4,7-8,14H,5-6,9-11H2,1-2H3. The van der Waals surface area contributed by atoms with E-state index in [9.17, 15) is 0 Å². The molecule has 16 heavy (non-hydrogen) atoms. The van der Waals surface area contributed by atoms with Gasteiger partial charge in [-0.1, -0.05) is 18.2 Å². The first kappa shape index (κ1) is 11.4. The Bertz CT molecular complexity index is 330. The summed E-state index contributed by atoms with van der Waals surface area (Å²) in [6.07, 6.45) is 2.66. The van der Waals surface area contributed by atoms with E-state index in [0.29, 0.717) is 0 Å². The summed E-state index contributed by atoms with van der Waals surface area (Å²) in [5, 5.41) is 2.00. The van der Waals surface area contributed by atoms with Gasteiger partial charge in [-0.3, -0.25) is 10.4 Å². The van der Waals surface area contributed by atoms with Crippen LogP contribution < -0.4 is 10.3 Å². The molecule has 88 valence electrons. The number of anilines is 1. The van der Waals surface area contributed by atoms with Crippen LogP contribution in [0.25, 0.3) is 0 Å². The molecule has 0 bridgehead atoms. The summed E-state index contributed by atoms with van der Waals surface area (Å²) in [6.45, 7) is 3.32. The molecule has 1 aromatic rings. The summed E-state index contributed by atoms with van der Waals surface area (Å²) in [6, 6.07) is 8.70. The number of rotatable bonds is 4. The highest BCUT2D eigenvalue weighted by atomic mass is 15.5. The van der Waals surface area contributed by atoms with Gasteiger partial charge in [-0.05, 0) is 24.5 Å². The number of hydrogen-bond acceptors (Lipinski definition) is 3. The van der Waals surface area contributed by atoms with Crippen LogP contribution >= 0.6 is 0 Å². The molecule has 0 aliphatic carbocycles. The highest BCUT2D eigenvalue weighted by Crippen LogP contribution is 2.24. The van der Waals surface area contributed by atoms with Crippen molar-refractivity contribution in [2.75, 3.05) is 32.1 Å². The fraction of sp³-hybridized carbons (Fsp3) is 0.538. The molecular formula is C13H21N3. The van der Waals surface area contributed by atoms with Gasteiger partial charge in [-0.25, -0.2) is 0 Å². The van der Waals surface area contributed by atoms with Crippen LogP contribution in [0.5, 0.6) is 0 Å². The van der Waals surface area contributed by atoms with Crippen molar-refractivity contribution in [1.82, 2.24) is 10.4 Å². The highest BCUT2D eigenvalue weighted by Gasteiger charge is 2.14. The van der Waals surface area contributed by atoms with E-state index in [-0.39, 0.29) is 0 Å². The third-order valence-corrected chi connectivity index (χ3v) is 3.02. The van der Waals surface area contributed by atoms with Crippen molar-refractivity contribution in [2.24, 2.45) is 0 Å². The number of benzene rings is 1. The molecule has 0 aromatic heterocycles. The van der Waals surface area contributed by atoms with Gasteiger partial charge in [0.15, 0.2) is 0 Å². The molecule has 2 rings (SSSR count). The summed E-state index contributed by atoms with van der Waals surface area (Å²) >= 11 is 0. The average molecular weight is 219 g/mol. The van der Waals surface area contributed by atoms with Gasteiger partial charge in [0.05, 0.1) is 0 Å². The van der Waals surface area contributed by atoms with E-state index in [1.54, 1.807) is 0 Å². The van der Waals surface area contributed by atoms with E-state index < -0.39 is 0 Å². The van der Waals surface area contributed by atoms with Crippen molar-refractivity contribution < 1.29 is 0 Å². The Morgan fingerprint density at radius 1 is 1.19 bits per heavy atom. The van der Waals surface area contributed by atoms with Gasteiger partial charge in [0.1, 0.15) is 0 Å². The number of hydrazine groups is 1. The highest BCUT2D eigenvalue weighted by molar-refractivity contribution is 5.54. The van der Waals surface area contributed by atoms with Crippen LogP contribution in [0, 0.1) is 0 Å². The maximum atomic E-state index is 3.33. The first-order valence-corrected chi connectivity index (χ1v) is 6.01. The lowest BCUT2D eigenvalue weighted by Gasteiger charge is -2.22. The van der Waals surface area contributed by atoms with Crippen LogP contribution in [0.4, 0.5) is 5.69 Å². The predicted molar refractivity (Wildman–Crippen MR) is 68.4 cm³/mol. The van der Waals surface area contributed by atoms with E-state index >= 15 is 0 Å². The maximum Gasteiger partial charge on any atom is 0.0412 e. The second-order valence-electron chi connectivity index (χ2n) is 4.55. The van der Waals surface area contributed by atoms with Gasteiger partial charge >= 0.3 is 0 Å². The lowest BCUT2D eigenvalue weighted by Crippen LogP contribution is -2.30. The fourth-order valence-electron chi connectivity index (χ4n) is 2.17.